The molecule has 32 heavy (non-hydrogen) atoms. The quantitative estimate of drug-likeness (QED) is 0.611. The number of fused-ring (bicyclic) bond motifs is 1. The van der Waals surface area contributed by atoms with Gasteiger partial charge in [0.05, 0.1) is 12.1 Å². The molecule has 0 saturated carbocycles. The van der Waals surface area contributed by atoms with E-state index in [4.69, 9.17) is 21.0 Å². The standard InChI is InChI=1S/C23H25ClN6O2/c1-12(2)13(3)21-14(4)30-15(5)26-29-23(30)18(10-19-27-28-20(11-31)32-19)25-22(21)16-6-8-17(24)9-7-16/h6-9,18,31H,10-11H2,1-5H3/t18-/m0/s1. The van der Waals surface area contributed by atoms with Crippen molar-refractivity contribution >= 4 is 23.0 Å². The van der Waals surface area contributed by atoms with Gasteiger partial charge in [-0.15, -0.1) is 20.4 Å². The van der Waals surface area contributed by atoms with Crippen molar-refractivity contribution in [3.05, 3.63) is 75.0 Å². The lowest BCUT2D eigenvalue weighted by Crippen LogP contribution is -2.11. The Labute approximate surface area is 191 Å². The normalized spacial score (nSPS) is 16.0. The van der Waals surface area contributed by atoms with Gasteiger partial charge in [-0.25, -0.2) is 0 Å². The molecule has 0 radical (unpaired) electrons. The lowest BCUT2D eigenvalue weighted by atomic mass is 9.92. The van der Waals surface area contributed by atoms with Crippen LogP contribution in [0.1, 0.15) is 62.7 Å². The number of hydrogen-bond donors (Lipinski definition) is 1. The Morgan fingerprint density at radius 2 is 1.72 bits per heavy atom. The molecule has 0 unspecified atom stereocenters. The molecule has 1 atom stereocenters. The van der Waals surface area contributed by atoms with Crippen molar-refractivity contribution in [2.24, 2.45) is 4.99 Å². The zero-order chi connectivity index (χ0) is 23.0. The summed E-state index contributed by atoms with van der Waals surface area (Å²) >= 11 is 6.16. The van der Waals surface area contributed by atoms with Gasteiger partial charge in [0.25, 0.3) is 0 Å². The third kappa shape index (κ3) is 4.03. The molecule has 0 bridgehead atoms. The molecule has 166 valence electrons. The second kappa shape index (κ2) is 8.80. The van der Waals surface area contributed by atoms with Crippen LogP contribution in [0.15, 0.2) is 50.4 Å². The van der Waals surface area contributed by atoms with E-state index in [0.29, 0.717) is 23.2 Å². The van der Waals surface area contributed by atoms with Crippen LogP contribution in [0.5, 0.6) is 0 Å². The SMILES string of the molecule is CC(C)=C(C)C1=C(C)n2c(C)nnc2[C@H](Cc2nnc(CO)o2)N=C1c1ccc(Cl)cc1. The van der Waals surface area contributed by atoms with Crippen molar-refractivity contribution < 1.29 is 9.52 Å². The molecule has 1 N–H and O–H groups in total. The van der Waals surface area contributed by atoms with Crippen LogP contribution in [0.3, 0.4) is 0 Å². The summed E-state index contributed by atoms with van der Waals surface area (Å²) in [7, 11) is 0. The first-order valence-corrected chi connectivity index (χ1v) is 10.7. The molecule has 0 aliphatic carbocycles. The van der Waals surface area contributed by atoms with Gasteiger partial charge in [0.2, 0.25) is 11.8 Å². The third-order valence-corrected chi connectivity index (χ3v) is 5.87. The summed E-state index contributed by atoms with van der Waals surface area (Å²) in [6.45, 7) is 9.96. The van der Waals surface area contributed by atoms with Crippen molar-refractivity contribution in [2.45, 2.75) is 53.7 Å². The molecule has 1 aromatic carbocycles. The minimum absolute atomic E-state index is 0.170. The summed E-state index contributed by atoms with van der Waals surface area (Å²) in [6.07, 6.45) is 0.330. The summed E-state index contributed by atoms with van der Waals surface area (Å²) in [5.41, 5.74) is 6.15. The molecule has 0 amide bonds. The number of hydrogen-bond acceptors (Lipinski definition) is 7. The topological polar surface area (TPSA) is 102 Å². The maximum atomic E-state index is 9.29. The van der Waals surface area contributed by atoms with Gasteiger partial charge in [-0.3, -0.25) is 9.56 Å². The van der Waals surface area contributed by atoms with Crippen LogP contribution < -0.4 is 0 Å². The Morgan fingerprint density at radius 3 is 2.34 bits per heavy atom. The van der Waals surface area contributed by atoms with Crippen LogP contribution in [-0.2, 0) is 13.0 Å². The fraction of sp³-hybridized carbons (Fsp3) is 0.348. The summed E-state index contributed by atoms with van der Waals surface area (Å²) in [5.74, 6) is 2.02. The van der Waals surface area contributed by atoms with Crippen molar-refractivity contribution in [3.63, 3.8) is 0 Å². The minimum atomic E-state index is -0.411. The number of aromatic nitrogens is 5. The predicted molar refractivity (Wildman–Crippen MR) is 122 cm³/mol. The fourth-order valence-electron chi connectivity index (χ4n) is 3.83. The Bertz CT molecular complexity index is 1250. The van der Waals surface area contributed by atoms with E-state index in [2.05, 4.69) is 48.1 Å². The lowest BCUT2D eigenvalue weighted by molar-refractivity contribution is 0.236. The van der Waals surface area contributed by atoms with Crippen LogP contribution in [0, 0.1) is 6.92 Å². The van der Waals surface area contributed by atoms with Gasteiger partial charge in [0.1, 0.15) is 18.5 Å². The van der Waals surface area contributed by atoms with E-state index in [1.165, 1.54) is 5.57 Å². The van der Waals surface area contributed by atoms with Gasteiger partial charge in [-0.05, 0) is 52.3 Å². The molecule has 0 saturated heterocycles. The van der Waals surface area contributed by atoms with Crippen molar-refractivity contribution in [3.8, 4) is 0 Å². The van der Waals surface area contributed by atoms with E-state index >= 15 is 0 Å². The highest BCUT2D eigenvalue weighted by Crippen LogP contribution is 2.35. The molecular weight excluding hydrogens is 428 g/mol. The summed E-state index contributed by atoms with van der Waals surface area (Å²) in [5, 5.41) is 26.6. The van der Waals surface area contributed by atoms with Crippen molar-refractivity contribution in [2.75, 3.05) is 0 Å². The zero-order valence-corrected chi connectivity index (χ0v) is 19.5. The molecule has 9 heteroatoms. The maximum Gasteiger partial charge on any atom is 0.241 e. The average molecular weight is 453 g/mol. The van der Waals surface area contributed by atoms with E-state index in [9.17, 15) is 5.11 Å². The van der Waals surface area contributed by atoms with Crippen LogP contribution >= 0.6 is 11.6 Å². The van der Waals surface area contributed by atoms with Crippen LogP contribution in [-0.4, -0.2) is 35.8 Å². The van der Waals surface area contributed by atoms with Crippen LogP contribution in [0.4, 0.5) is 0 Å². The second-order valence-electron chi connectivity index (χ2n) is 7.98. The van der Waals surface area contributed by atoms with Gasteiger partial charge in [0.15, 0.2) is 5.82 Å². The Hall–Kier alpha value is -3.10. The smallest absolute Gasteiger partial charge is 0.241 e. The number of benzene rings is 1. The number of allylic oxidation sites excluding steroid dienone is 4. The van der Waals surface area contributed by atoms with E-state index in [1.54, 1.807) is 0 Å². The van der Waals surface area contributed by atoms with Gasteiger partial charge in [-0.2, -0.15) is 0 Å². The first-order chi connectivity index (χ1) is 15.3. The molecule has 3 aromatic rings. The lowest BCUT2D eigenvalue weighted by Gasteiger charge is -2.17. The molecule has 8 nitrogen and oxygen atoms in total. The summed E-state index contributed by atoms with van der Waals surface area (Å²) < 4.78 is 7.60. The highest BCUT2D eigenvalue weighted by atomic mass is 35.5. The highest BCUT2D eigenvalue weighted by Gasteiger charge is 2.30. The minimum Gasteiger partial charge on any atom is -0.423 e. The Balaban J connectivity index is 1.96. The number of aliphatic hydroxyl groups excluding tert-OH is 1. The van der Waals surface area contributed by atoms with E-state index in [1.807, 2.05) is 35.8 Å². The molecule has 1 aliphatic rings. The van der Waals surface area contributed by atoms with Crippen molar-refractivity contribution in [1.29, 1.82) is 0 Å². The predicted octanol–water partition coefficient (Wildman–Crippen LogP) is 4.49. The van der Waals surface area contributed by atoms with Gasteiger partial charge < -0.3 is 9.52 Å². The van der Waals surface area contributed by atoms with Gasteiger partial charge in [0, 0.05) is 21.9 Å². The monoisotopic (exact) mass is 452 g/mol. The van der Waals surface area contributed by atoms with E-state index in [0.717, 1.165) is 33.9 Å². The largest absolute Gasteiger partial charge is 0.423 e. The van der Waals surface area contributed by atoms with Crippen LogP contribution in [0.25, 0.3) is 5.70 Å². The number of nitrogens with zero attached hydrogens (tertiary/aromatic N) is 6. The van der Waals surface area contributed by atoms with Gasteiger partial charge in [-0.1, -0.05) is 29.3 Å². The molecule has 4 rings (SSSR count). The van der Waals surface area contributed by atoms with Gasteiger partial charge >= 0.3 is 0 Å². The molecule has 3 heterocycles. The highest BCUT2D eigenvalue weighted by molar-refractivity contribution is 6.30. The number of aliphatic imine (C=N–C) groups is 1. The average Bonchev–Trinajstić information content (AvgIpc) is 3.36. The number of rotatable bonds is 5. The first kappa shape index (κ1) is 22.1. The Morgan fingerprint density at radius 1 is 1.03 bits per heavy atom. The zero-order valence-electron chi connectivity index (χ0n) is 18.7. The summed E-state index contributed by atoms with van der Waals surface area (Å²) in [4.78, 5) is 5.16. The number of halogens is 1. The van der Waals surface area contributed by atoms with Crippen molar-refractivity contribution in [1.82, 2.24) is 25.0 Å². The molecule has 2 aromatic heterocycles. The molecule has 1 aliphatic heterocycles. The third-order valence-electron chi connectivity index (χ3n) is 5.62. The number of aryl methyl sites for hydroxylation is 1. The summed E-state index contributed by atoms with van der Waals surface area (Å²) in [6, 6.07) is 7.26. The van der Waals surface area contributed by atoms with E-state index in [-0.39, 0.29) is 12.5 Å². The van der Waals surface area contributed by atoms with Crippen LogP contribution in [0.2, 0.25) is 5.02 Å². The molecule has 0 spiro atoms. The maximum absolute atomic E-state index is 9.29. The molecular formula is C23H25ClN6O2. The van der Waals surface area contributed by atoms with E-state index < -0.39 is 6.04 Å². The Kier molecular flexibility index (Phi) is 6.08. The first-order valence-electron chi connectivity index (χ1n) is 10.3. The second-order valence-corrected chi connectivity index (χ2v) is 8.41. The fourth-order valence-corrected chi connectivity index (χ4v) is 3.96. The number of aliphatic hydroxyl groups is 1. The molecule has 0 fully saturated rings.